The van der Waals surface area contributed by atoms with Crippen LogP contribution < -0.4 is 5.32 Å². The molecule has 1 aliphatic rings. The van der Waals surface area contributed by atoms with Crippen LogP contribution in [-0.4, -0.2) is 40.5 Å². The Bertz CT molecular complexity index is 482. The second kappa shape index (κ2) is 6.49. The molecule has 1 aromatic heterocycles. The third-order valence-corrected chi connectivity index (χ3v) is 4.18. The van der Waals surface area contributed by atoms with Crippen molar-refractivity contribution in [1.29, 1.82) is 0 Å². The van der Waals surface area contributed by atoms with Crippen LogP contribution >= 0.6 is 11.6 Å². The molecule has 0 aliphatic carbocycles. The van der Waals surface area contributed by atoms with Crippen LogP contribution in [0.1, 0.15) is 46.9 Å². The van der Waals surface area contributed by atoms with Crippen LogP contribution in [0.2, 0.25) is 5.15 Å². The molecule has 1 atom stereocenters. The summed E-state index contributed by atoms with van der Waals surface area (Å²) in [6.45, 7) is 14.1. The van der Waals surface area contributed by atoms with Gasteiger partial charge in [0.15, 0.2) is 0 Å². The molecular weight excluding hydrogens is 284 g/mol. The molecule has 0 spiro atoms. The topological polar surface area (TPSA) is 41.0 Å². The van der Waals surface area contributed by atoms with E-state index >= 15 is 0 Å². The lowest BCUT2D eigenvalue weighted by molar-refractivity contribution is 0.266. The molecule has 1 fully saturated rings. The van der Waals surface area contributed by atoms with Gasteiger partial charge in [-0.05, 0) is 32.7 Å². The standard InChI is InChI=1S/C16H27ClN4/c1-11(2)21-7-6-12(10-21)9-18-14-8-13(17)19-15(20-14)16(3,4)5/h8,11-12H,6-7,9-10H2,1-5H3,(H,18,19,20). The zero-order valence-electron chi connectivity index (χ0n) is 13.8. The molecule has 2 heterocycles. The summed E-state index contributed by atoms with van der Waals surface area (Å²) in [6, 6.07) is 2.45. The van der Waals surface area contributed by atoms with Crippen LogP contribution in [0.5, 0.6) is 0 Å². The van der Waals surface area contributed by atoms with Gasteiger partial charge in [0, 0.05) is 30.6 Å². The zero-order valence-corrected chi connectivity index (χ0v) is 14.5. The second-order valence-corrected chi connectivity index (χ2v) is 7.66. The summed E-state index contributed by atoms with van der Waals surface area (Å²) < 4.78 is 0. The van der Waals surface area contributed by atoms with Gasteiger partial charge in [0.25, 0.3) is 0 Å². The Morgan fingerprint density at radius 2 is 2.10 bits per heavy atom. The first kappa shape index (κ1) is 16.5. The maximum Gasteiger partial charge on any atom is 0.137 e. The highest BCUT2D eigenvalue weighted by atomic mass is 35.5. The molecule has 1 aromatic rings. The molecule has 0 aromatic carbocycles. The van der Waals surface area contributed by atoms with Crippen molar-refractivity contribution in [2.24, 2.45) is 5.92 Å². The number of hydrogen-bond acceptors (Lipinski definition) is 4. The summed E-state index contributed by atoms with van der Waals surface area (Å²) >= 11 is 6.12. The third kappa shape index (κ3) is 4.55. The SMILES string of the molecule is CC(C)N1CCC(CNc2cc(Cl)nc(C(C)(C)C)n2)C1. The van der Waals surface area contributed by atoms with Crippen LogP contribution in [0, 0.1) is 5.92 Å². The number of nitrogens with one attached hydrogen (secondary N) is 1. The molecule has 0 saturated carbocycles. The number of aromatic nitrogens is 2. The number of halogens is 1. The zero-order chi connectivity index (χ0) is 15.6. The Balaban J connectivity index is 1.96. The number of likely N-dealkylation sites (tertiary alicyclic amines) is 1. The van der Waals surface area contributed by atoms with E-state index in [2.05, 4.69) is 54.8 Å². The summed E-state index contributed by atoms with van der Waals surface area (Å²) in [5.74, 6) is 2.30. The van der Waals surface area contributed by atoms with Gasteiger partial charge in [-0.3, -0.25) is 0 Å². The van der Waals surface area contributed by atoms with E-state index in [-0.39, 0.29) is 5.41 Å². The lowest BCUT2D eigenvalue weighted by Gasteiger charge is -2.21. The van der Waals surface area contributed by atoms with E-state index in [0.29, 0.717) is 17.1 Å². The van der Waals surface area contributed by atoms with E-state index in [0.717, 1.165) is 24.7 Å². The average Bonchev–Trinajstić information content (AvgIpc) is 2.83. The molecule has 0 bridgehead atoms. The van der Waals surface area contributed by atoms with Crippen molar-refractivity contribution in [3.8, 4) is 0 Å². The lowest BCUT2D eigenvalue weighted by atomic mass is 9.96. The van der Waals surface area contributed by atoms with E-state index in [1.807, 2.05) is 6.07 Å². The number of hydrogen-bond donors (Lipinski definition) is 1. The van der Waals surface area contributed by atoms with Gasteiger partial charge in [-0.25, -0.2) is 9.97 Å². The van der Waals surface area contributed by atoms with Crippen LogP contribution in [0.4, 0.5) is 5.82 Å². The molecule has 21 heavy (non-hydrogen) atoms. The Labute approximate surface area is 133 Å². The predicted octanol–water partition coefficient (Wildman–Crippen LogP) is 3.57. The van der Waals surface area contributed by atoms with Crippen LogP contribution in [0.15, 0.2) is 6.07 Å². The predicted molar refractivity (Wildman–Crippen MR) is 89.0 cm³/mol. The smallest absolute Gasteiger partial charge is 0.137 e. The van der Waals surface area contributed by atoms with Crippen molar-refractivity contribution >= 4 is 17.4 Å². The molecule has 118 valence electrons. The molecule has 1 unspecified atom stereocenters. The molecule has 1 aliphatic heterocycles. The number of anilines is 1. The first-order valence-corrected chi connectivity index (χ1v) is 8.16. The van der Waals surface area contributed by atoms with Crippen molar-refractivity contribution < 1.29 is 0 Å². The van der Waals surface area contributed by atoms with Gasteiger partial charge >= 0.3 is 0 Å². The highest BCUT2D eigenvalue weighted by Crippen LogP contribution is 2.23. The van der Waals surface area contributed by atoms with Crippen molar-refractivity contribution in [3.63, 3.8) is 0 Å². The number of nitrogens with zero attached hydrogens (tertiary/aromatic N) is 3. The molecule has 1 saturated heterocycles. The maximum atomic E-state index is 6.12. The van der Waals surface area contributed by atoms with Gasteiger partial charge in [-0.1, -0.05) is 32.4 Å². The first-order valence-electron chi connectivity index (χ1n) is 7.78. The molecule has 0 amide bonds. The van der Waals surface area contributed by atoms with Gasteiger partial charge in [0.2, 0.25) is 0 Å². The third-order valence-electron chi connectivity index (χ3n) is 3.99. The second-order valence-electron chi connectivity index (χ2n) is 7.27. The molecule has 5 heteroatoms. The fourth-order valence-electron chi connectivity index (χ4n) is 2.59. The summed E-state index contributed by atoms with van der Waals surface area (Å²) in [5.41, 5.74) is -0.0941. The van der Waals surface area contributed by atoms with Crippen molar-refractivity contribution in [1.82, 2.24) is 14.9 Å². The van der Waals surface area contributed by atoms with Gasteiger partial charge < -0.3 is 10.2 Å². The van der Waals surface area contributed by atoms with E-state index in [9.17, 15) is 0 Å². The normalized spacial score (nSPS) is 20.2. The van der Waals surface area contributed by atoms with E-state index in [4.69, 9.17) is 11.6 Å². The summed E-state index contributed by atoms with van der Waals surface area (Å²) in [7, 11) is 0. The highest BCUT2D eigenvalue weighted by molar-refractivity contribution is 6.29. The molecule has 1 N–H and O–H groups in total. The van der Waals surface area contributed by atoms with Gasteiger partial charge in [0.1, 0.15) is 16.8 Å². The van der Waals surface area contributed by atoms with E-state index < -0.39 is 0 Å². The minimum absolute atomic E-state index is 0.0941. The van der Waals surface area contributed by atoms with Gasteiger partial charge in [-0.2, -0.15) is 0 Å². The van der Waals surface area contributed by atoms with Crippen LogP contribution in [0.25, 0.3) is 0 Å². The maximum absolute atomic E-state index is 6.12. The molecule has 0 radical (unpaired) electrons. The Morgan fingerprint density at radius 1 is 1.38 bits per heavy atom. The summed E-state index contributed by atoms with van der Waals surface area (Å²) in [6.07, 6.45) is 1.25. The largest absolute Gasteiger partial charge is 0.370 e. The van der Waals surface area contributed by atoms with Gasteiger partial charge in [0.05, 0.1) is 0 Å². The van der Waals surface area contributed by atoms with Crippen LogP contribution in [-0.2, 0) is 5.41 Å². The van der Waals surface area contributed by atoms with Crippen molar-refractivity contribution in [3.05, 3.63) is 17.0 Å². The minimum atomic E-state index is -0.0941. The Morgan fingerprint density at radius 3 is 2.67 bits per heavy atom. The van der Waals surface area contributed by atoms with Crippen LogP contribution in [0.3, 0.4) is 0 Å². The number of rotatable bonds is 4. The fraction of sp³-hybridized carbons (Fsp3) is 0.750. The Kier molecular flexibility index (Phi) is 5.10. The Hall–Kier alpha value is -0.870. The monoisotopic (exact) mass is 310 g/mol. The van der Waals surface area contributed by atoms with E-state index in [1.165, 1.54) is 13.0 Å². The minimum Gasteiger partial charge on any atom is -0.370 e. The van der Waals surface area contributed by atoms with E-state index in [1.54, 1.807) is 0 Å². The molecule has 4 nitrogen and oxygen atoms in total. The lowest BCUT2D eigenvalue weighted by Crippen LogP contribution is -2.29. The molecule has 2 rings (SSSR count). The average molecular weight is 311 g/mol. The van der Waals surface area contributed by atoms with Crippen molar-refractivity contribution in [2.75, 3.05) is 25.0 Å². The van der Waals surface area contributed by atoms with Crippen molar-refractivity contribution in [2.45, 2.75) is 52.5 Å². The summed E-state index contributed by atoms with van der Waals surface area (Å²) in [5, 5.41) is 3.94. The first-order chi connectivity index (χ1) is 9.75. The quantitative estimate of drug-likeness (QED) is 0.863. The summed E-state index contributed by atoms with van der Waals surface area (Å²) in [4.78, 5) is 11.5. The molecular formula is C16H27ClN4. The van der Waals surface area contributed by atoms with Gasteiger partial charge in [-0.15, -0.1) is 0 Å². The fourth-order valence-corrected chi connectivity index (χ4v) is 2.77. The highest BCUT2D eigenvalue weighted by Gasteiger charge is 2.24.